The number of benzene rings is 2. The van der Waals surface area contributed by atoms with Gasteiger partial charge in [-0.05, 0) is 57.9 Å². The number of carbonyl (C=O) groups excluding carboxylic acids is 2. The maximum atomic E-state index is 13.2. The lowest BCUT2D eigenvalue weighted by atomic mass is 9.85. The van der Waals surface area contributed by atoms with Gasteiger partial charge in [0.25, 0.3) is 0 Å². The molecule has 0 spiro atoms. The number of hydrogen-bond acceptors (Lipinski definition) is 3. The topological polar surface area (TPSA) is 70.7 Å². The molecule has 1 aliphatic rings. The number of piperidine rings is 1. The normalized spacial score (nSPS) is 18.6. The predicted molar refractivity (Wildman–Crippen MR) is 129 cm³/mol. The van der Waals surface area contributed by atoms with Crippen molar-refractivity contribution in [2.24, 2.45) is 0 Å². The monoisotopic (exact) mass is 545 g/mol. The van der Waals surface area contributed by atoms with Crippen molar-refractivity contribution in [1.82, 2.24) is 10.2 Å². The summed E-state index contributed by atoms with van der Waals surface area (Å²) < 4.78 is 84.5. The molecule has 2 aromatic carbocycles. The van der Waals surface area contributed by atoms with Crippen LogP contribution in [0.15, 0.2) is 42.5 Å². The van der Waals surface area contributed by atoms with Crippen LogP contribution in [0.4, 0.5) is 41.6 Å². The molecule has 1 fully saturated rings. The Morgan fingerprint density at radius 3 is 1.97 bits per heavy atom. The first kappa shape index (κ1) is 29.1. The number of nitrogens with zero attached hydrogens (tertiary/aromatic N) is 1. The quantitative estimate of drug-likeness (QED) is 0.410. The minimum absolute atomic E-state index is 0.0110. The molecular weight excluding hydrogens is 516 g/mol. The van der Waals surface area contributed by atoms with Gasteiger partial charge in [-0.2, -0.15) is 26.3 Å². The minimum Gasteiger partial charge on any atom is -0.444 e. The van der Waals surface area contributed by atoms with Gasteiger partial charge in [-0.1, -0.05) is 29.8 Å². The van der Waals surface area contributed by atoms with Crippen LogP contribution in [0.1, 0.15) is 55.4 Å². The summed E-state index contributed by atoms with van der Waals surface area (Å²) >= 11 is 0. The van der Waals surface area contributed by atoms with E-state index in [1.165, 1.54) is 4.90 Å². The van der Waals surface area contributed by atoms with Crippen molar-refractivity contribution in [3.63, 3.8) is 0 Å². The number of aryl methyl sites for hydroxylation is 1. The number of amides is 3. The average molecular weight is 546 g/mol. The third-order valence-electron chi connectivity index (χ3n) is 5.93. The number of alkyl halides is 6. The van der Waals surface area contributed by atoms with E-state index < -0.39 is 58.9 Å². The second kappa shape index (κ2) is 10.7. The Morgan fingerprint density at radius 2 is 1.47 bits per heavy atom. The maximum Gasteiger partial charge on any atom is 0.416 e. The summed E-state index contributed by atoms with van der Waals surface area (Å²) in [7, 11) is 0. The van der Waals surface area contributed by atoms with Gasteiger partial charge in [0.1, 0.15) is 5.60 Å². The minimum atomic E-state index is -5.04. The average Bonchev–Trinajstić information content (AvgIpc) is 2.77. The van der Waals surface area contributed by atoms with Crippen LogP contribution in [-0.4, -0.2) is 41.8 Å². The molecule has 3 amide bonds. The third kappa shape index (κ3) is 7.78. The number of halogens is 6. The van der Waals surface area contributed by atoms with Crippen LogP contribution < -0.4 is 10.6 Å². The number of ether oxygens (including phenoxy) is 1. The Morgan fingerprint density at radius 1 is 0.921 bits per heavy atom. The molecule has 1 heterocycles. The fourth-order valence-electron chi connectivity index (χ4n) is 4.13. The van der Waals surface area contributed by atoms with Gasteiger partial charge in [-0.15, -0.1) is 0 Å². The van der Waals surface area contributed by atoms with Crippen molar-refractivity contribution in [2.75, 3.05) is 18.4 Å². The summed E-state index contributed by atoms with van der Waals surface area (Å²) in [5, 5.41) is 4.77. The SMILES string of the molecule is Cc1ccc([C@@H]2CN(C(=O)OC(C)(C)C)CC[C@H]2NC(=O)Nc2cc(C(F)(F)F)cc(C(F)(F)F)c2)cc1. The van der Waals surface area contributed by atoms with E-state index in [9.17, 15) is 35.9 Å². The van der Waals surface area contributed by atoms with Crippen molar-refractivity contribution < 1.29 is 40.7 Å². The van der Waals surface area contributed by atoms with Gasteiger partial charge in [-0.25, -0.2) is 9.59 Å². The summed E-state index contributed by atoms with van der Waals surface area (Å²) in [6.45, 7) is 7.51. The number of likely N-dealkylation sites (tertiary alicyclic amines) is 1. The van der Waals surface area contributed by atoms with E-state index in [-0.39, 0.29) is 25.6 Å². The summed E-state index contributed by atoms with van der Waals surface area (Å²) in [4.78, 5) is 26.9. The number of hydrogen-bond donors (Lipinski definition) is 2. The standard InChI is InChI=1S/C26H29F6N3O3/c1-15-5-7-16(8-6-15)20-14-35(23(37)38-24(2,3)4)10-9-21(20)34-22(36)33-19-12-17(25(27,28)29)11-18(13-19)26(30,31)32/h5-8,11-13,20-21H,9-10,14H2,1-4H3,(H2,33,34,36)/t20-,21+/m0/s1. The Labute approximate surface area is 216 Å². The molecule has 0 bridgehead atoms. The molecular formula is C26H29F6N3O3. The van der Waals surface area contributed by atoms with E-state index in [1.54, 1.807) is 20.8 Å². The number of nitrogens with one attached hydrogen (secondary N) is 2. The summed E-state index contributed by atoms with van der Waals surface area (Å²) in [5.74, 6) is -0.408. The number of urea groups is 1. The Bertz CT molecular complexity index is 1120. The molecule has 0 aromatic heterocycles. The van der Waals surface area contributed by atoms with Crippen LogP contribution in [0.5, 0.6) is 0 Å². The fraction of sp³-hybridized carbons (Fsp3) is 0.462. The predicted octanol–water partition coefficient (Wildman–Crippen LogP) is 6.95. The van der Waals surface area contributed by atoms with Gasteiger partial charge >= 0.3 is 24.5 Å². The van der Waals surface area contributed by atoms with Crippen molar-refractivity contribution in [1.29, 1.82) is 0 Å². The maximum absolute atomic E-state index is 13.2. The van der Waals surface area contributed by atoms with Gasteiger partial charge in [0.15, 0.2) is 0 Å². The molecule has 6 nitrogen and oxygen atoms in total. The first-order chi connectivity index (χ1) is 17.4. The zero-order valence-corrected chi connectivity index (χ0v) is 21.3. The van der Waals surface area contributed by atoms with Gasteiger partial charge in [-0.3, -0.25) is 0 Å². The van der Waals surface area contributed by atoms with Crippen molar-refractivity contribution in [3.8, 4) is 0 Å². The third-order valence-corrected chi connectivity index (χ3v) is 5.93. The van der Waals surface area contributed by atoms with Gasteiger partial charge in [0.05, 0.1) is 11.1 Å². The highest BCUT2D eigenvalue weighted by atomic mass is 19.4. The zero-order valence-electron chi connectivity index (χ0n) is 21.3. The van der Waals surface area contributed by atoms with Crippen LogP contribution in [0, 0.1) is 6.92 Å². The Kier molecular flexibility index (Phi) is 8.23. The number of rotatable bonds is 3. The highest BCUT2D eigenvalue weighted by molar-refractivity contribution is 5.89. The molecule has 38 heavy (non-hydrogen) atoms. The molecule has 208 valence electrons. The van der Waals surface area contributed by atoms with E-state index in [1.807, 2.05) is 31.2 Å². The van der Waals surface area contributed by atoms with Crippen LogP contribution in [0.3, 0.4) is 0 Å². The lowest BCUT2D eigenvalue weighted by Crippen LogP contribution is -2.52. The van der Waals surface area contributed by atoms with Crippen LogP contribution in [0.2, 0.25) is 0 Å². The number of anilines is 1. The van der Waals surface area contributed by atoms with Crippen LogP contribution >= 0.6 is 0 Å². The molecule has 1 aliphatic heterocycles. The van der Waals surface area contributed by atoms with Crippen molar-refractivity contribution >= 4 is 17.8 Å². The highest BCUT2D eigenvalue weighted by Gasteiger charge is 2.38. The largest absolute Gasteiger partial charge is 0.444 e. The van der Waals surface area contributed by atoms with Crippen LogP contribution in [0.25, 0.3) is 0 Å². The lowest BCUT2D eigenvalue weighted by Gasteiger charge is -2.39. The van der Waals surface area contributed by atoms with E-state index >= 15 is 0 Å². The summed E-state index contributed by atoms with van der Waals surface area (Å²) in [6.07, 6.45) is -10.3. The second-order valence-electron chi connectivity index (χ2n) is 10.2. The molecule has 3 rings (SSSR count). The van der Waals surface area contributed by atoms with E-state index in [4.69, 9.17) is 4.74 Å². The molecule has 2 atom stereocenters. The lowest BCUT2D eigenvalue weighted by molar-refractivity contribution is -0.143. The summed E-state index contributed by atoms with van der Waals surface area (Å²) in [6, 6.07) is 6.74. The molecule has 2 aromatic rings. The van der Waals surface area contributed by atoms with Gasteiger partial charge in [0.2, 0.25) is 0 Å². The van der Waals surface area contributed by atoms with Gasteiger partial charge < -0.3 is 20.3 Å². The van der Waals surface area contributed by atoms with E-state index in [0.717, 1.165) is 11.1 Å². The second-order valence-corrected chi connectivity index (χ2v) is 10.2. The van der Waals surface area contributed by atoms with E-state index in [2.05, 4.69) is 10.6 Å². The molecule has 0 unspecified atom stereocenters. The smallest absolute Gasteiger partial charge is 0.416 e. The molecule has 1 saturated heterocycles. The molecule has 2 N–H and O–H groups in total. The highest BCUT2D eigenvalue weighted by Crippen LogP contribution is 2.37. The first-order valence-corrected chi connectivity index (χ1v) is 11.8. The molecule has 0 radical (unpaired) electrons. The molecule has 12 heteroatoms. The summed E-state index contributed by atoms with van der Waals surface area (Å²) in [5.41, 5.74) is -2.65. The number of carbonyl (C=O) groups is 2. The Hall–Kier alpha value is -3.44. The fourth-order valence-corrected chi connectivity index (χ4v) is 4.13. The zero-order chi connectivity index (χ0) is 28.5. The molecule has 0 saturated carbocycles. The van der Waals surface area contributed by atoms with Crippen LogP contribution in [-0.2, 0) is 17.1 Å². The van der Waals surface area contributed by atoms with Gasteiger partial charge in [0, 0.05) is 30.7 Å². The van der Waals surface area contributed by atoms with Crippen molar-refractivity contribution in [3.05, 3.63) is 64.7 Å². The van der Waals surface area contributed by atoms with Crippen molar-refractivity contribution in [2.45, 2.75) is 64.0 Å². The first-order valence-electron chi connectivity index (χ1n) is 11.8. The molecule has 0 aliphatic carbocycles. The Balaban J connectivity index is 1.82. The van der Waals surface area contributed by atoms with E-state index in [0.29, 0.717) is 12.1 Å².